The number of aldehydes is 1. The summed E-state index contributed by atoms with van der Waals surface area (Å²) in [5.41, 5.74) is 1.90. The molecule has 0 amide bonds. The number of rotatable bonds is 6. The smallest absolute Gasteiger partial charge is 0.343 e. The fourth-order valence-electron chi connectivity index (χ4n) is 2.25. The number of ether oxygens (including phenoxy) is 2. The number of hydrogen-bond donors (Lipinski definition) is 0. The van der Waals surface area contributed by atoms with Crippen molar-refractivity contribution in [3.63, 3.8) is 0 Å². The van der Waals surface area contributed by atoms with Crippen LogP contribution in [0.2, 0.25) is 0 Å². The van der Waals surface area contributed by atoms with Crippen LogP contribution >= 0.6 is 0 Å². The van der Waals surface area contributed by atoms with E-state index in [1.807, 2.05) is 24.3 Å². The molecule has 0 saturated heterocycles. The molecule has 0 aliphatic carbocycles. The van der Waals surface area contributed by atoms with Crippen molar-refractivity contribution < 1.29 is 19.1 Å². The summed E-state index contributed by atoms with van der Waals surface area (Å²) in [4.78, 5) is 22.9. The molecule has 0 aliphatic rings. The van der Waals surface area contributed by atoms with Gasteiger partial charge in [0.05, 0.1) is 5.56 Å². The van der Waals surface area contributed by atoms with Gasteiger partial charge in [0.2, 0.25) is 0 Å². The number of para-hydroxylation sites is 1. The molecule has 4 nitrogen and oxygen atoms in total. The molecule has 0 bridgehead atoms. The summed E-state index contributed by atoms with van der Waals surface area (Å²) in [7, 11) is 0. The van der Waals surface area contributed by atoms with Crippen molar-refractivity contribution in [1.82, 2.24) is 0 Å². The third-order valence-corrected chi connectivity index (χ3v) is 3.54. The Hall–Kier alpha value is -3.40. The quantitative estimate of drug-likeness (QED) is 0.384. The topological polar surface area (TPSA) is 52.6 Å². The van der Waals surface area contributed by atoms with E-state index in [9.17, 15) is 9.59 Å². The Balaban J connectivity index is 1.64. The molecule has 0 saturated carbocycles. The van der Waals surface area contributed by atoms with E-state index in [-0.39, 0.29) is 0 Å². The first-order chi connectivity index (χ1) is 12.2. The van der Waals surface area contributed by atoms with E-state index in [1.165, 1.54) is 0 Å². The van der Waals surface area contributed by atoms with Gasteiger partial charge in [-0.05, 0) is 54.1 Å². The van der Waals surface area contributed by atoms with Gasteiger partial charge in [0.25, 0.3) is 0 Å². The van der Waals surface area contributed by atoms with Crippen molar-refractivity contribution >= 4 is 12.3 Å². The molecular formula is C21H16O4. The van der Waals surface area contributed by atoms with Crippen molar-refractivity contribution in [2.45, 2.75) is 6.61 Å². The molecule has 3 aromatic rings. The Morgan fingerprint density at radius 3 is 2.32 bits per heavy atom. The van der Waals surface area contributed by atoms with Gasteiger partial charge in [-0.3, -0.25) is 4.79 Å². The number of carbonyl (C=O) groups excluding carboxylic acids is 2. The maximum absolute atomic E-state index is 12.2. The molecule has 124 valence electrons. The molecule has 0 heterocycles. The Morgan fingerprint density at radius 1 is 0.840 bits per heavy atom. The minimum atomic E-state index is -0.414. The van der Waals surface area contributed by atoms with Crippen LogP contribution in [0.25, 0.3) is 0 Å². The van der Waals surface area contributed by atoms with Crippen LogP contribution in [-0.2, 0) is 6.61 Å². The van der Waals surface area contributed by atoms with E-state index < -0.39 is 5.97 Å². The van der Waals surface area contributed by atoms with E-state index >= 15 is 0 Å². The monoisotopic (exact) mass is 332 g/mol. The first-order valence-corrected chi connectivity index (χ1v) is 7.79. The normalized spacial score (nSPS) is 10.1. The Bertz CT molecular complexity index is 855. The summed E-state index contributed by atoms with van der Waals surface area (Å²) in [5.74, 6) is 0.746. The summed E-state index contributed by atoms with van der Waals surface area (Å²) in [6.07, 6.45) is 0.783. The largest absolute Gasteiger partial charge is 0.489 e. The number of carbonyl (C=O) groups is 2. The van der Waals surface area contributed by atoms with Crippen LogP contribution in [0.15, 0.2) is 78.9 Å². The number of esters is 1. The van der Waals surface area contributed by atoms with Crippen molar-refractivity contribution in [2.75, 3.05) is 0 Å². The molecule has 0 N–H and O–H groups in total. The van der Waals surface area contributed by atoms with Crippen molar-refractivity contribution in [3.05, 3.63) is 95.6 Å². The predicted octanol–water partition coefficient (Wildman–Crippen LogP) is 4.30. The van der Waals surface area contributed by atoms with Gasteiger partial charge in [0, 0.05) is 5.56 Å². The van der Waals surface area contributed by atoms with Gasteiger partial charge in [-0.1, -0.05) is 30.3 Å². The Morgan fingerprint density at radius 2 is 1.60 bits per heavy atom. The molecular weight excluding hydrogens is 316 g/mol. The van der Waals surface area contributed by atoms with Crippen LogP contribution in [0.4, 0.5) is 0 Å². The van der Waals surface area contributed by atoms with Gasteiger partial charge in [-0.25, -0.2) is 4.79 Å². The highest BCUT2D eigenvalue weighted by Crippen LogP contribution is 2.16. The van der Waals surface area contributed by atoms with E-state index in [1.54, 1.807) is 54.6 Å². The van der Waals surface area contributed by atoms with Crippen LogP contribution in [0.5, 0.6) is 11.5 Å². The van der Waals surface area contributed by atoms with Gasteiger partial charge in [-0.2, -0.15) is 0 Å². The SMILES string of the molecule is O=Cc1ccc(OCc2cccc(C(=O)Oc3ccccc3)c2)cc1. The third kappa shape index (κ3) is 4.54. The molecule has 3 aromatic carbocycles. The van der Waals surface area contributed by atoms with Gasteiger partial charge >= 0.3 is 5.97 Å². The molecule has 4 heteroatoms. The van der Waals surface area contributed by atoms with Gasteiger partial charge in [0.1, 0.15) is 24.4 Å². The molecule has 0 fully saturated rings. The summed E-state index contributed by atoms with van der Waals surface area (Å²) < 4.78 is 11.0. The average molecular weight is 332 g/mol. The van der Waals surface area contributed by atoms with E-state index in [0.717, 1.165) is 11.8 Å². The molecule has 0 atom stereocenters. The second-order valence-electron chi connectivity index (χ2n) is 5.38. The molecule has 0 radical (unpaired) electrons. The van der Waals surface area contributed by atoms with Gasteiger partial charge < -0.3 is 9.47 Å². The zero-order valence-electron chi connectivity index (χ0n) is 13.4. The fraction of sp³-hybridized carbons (Fsp3) is 0.0476. The summed E-state index contributed by atoms with van der Waals surface area (Å²) in [6.45, 7) is 0.312. The maximum atomic E-state index is 12.2. The standard InChI is InChI=1S/C21H16O4/c22-14-16-9-11-19(12-10-16)24-15-17-5-4-6-18(13-17)21(23)25-20-7-2-1-3-8-20/h1-14H,15H2. The van der Waals surface area contributed by atoms with Crippen LogP contribution in [0.1, 0.15) is 26.3 Å². The second kappa shape index (κ2) is 7.93. The minimum absolute atomic E-state index is 0.312. The van der Waals surface area contributed by atoms with Crippen LogP contribution < -0.4 is 9.47 Å². The summed E-state index contributed by atoms with van der Waals surface area (Å²) in [6, 6.07) is 22.9. The van der Waals surface area contributed by atoms with Crippen molar-refractivity contribution in [1.29, 1.82) is 0 Å². The zero-order chi connectivity index (χ0) is 17.5. The lowest BCUT2D eigenvalue weighted by Crippen LogP contribution is -2.09. The average Bonchev–Trinajstić information content (AvgIpc) is 2.68. The van der Waals surface area contributed by atoms with Gasteiger partial charge in [0.15, 0.2) is 0 Å². The molecule has 0 aliphatic heterocycles. The zero-order valence-corrected chi connectivity index (χ0v) is 13.4. The Labute approximate surface area is 145 Å². The molecule has 3 rings (SSSR count). The van der Waals surface area contributed by atoms with Crippen LogP contribution in [-0.4, -0.2) is 12.3 Å². The summed E-state index contributed by atoms with van der Waals surface area (Å²) in [5, 5.41) is 0. The number of benzene rings is 3. The molecule has 0 unspecified atom stereocenters. The predicted molar refractivity (Wildman–Crippen MR) is 94.0 cm³/mol. The van der Waals surface area contributed by atoms with Crippen LogP contribution in [0.3, 0.4) is 0 Å². The molecule has 0 spiro atoms. The number of hydrogen-bond acceptors (Lipinski definition) is 4. The van der Waals surface area contributed by atoms with Crippen molar-refractivity contribution in [3.8, 4) is 11.5 Å². The summed E-state index contributed by atoms with van der Waals surface area (Å²) >= 11 is 0. The Kier molecular flexibility index (Phi) is 5.22. The lowest BCUT2D eigenvalue weighted by Gasteiger charge is -2.08. The highest BCUT2D eigenvalue weighted by molar-refractivity contribution is 5.91. The second-order valence-corrected chi connectivity index (χ2v) is 5.38. The third-order valence-electron chi connectivity index (χ3n) is 3.54. The highest BCUT2D eigenvalue weighted by Gasteiger charge is 2.09. The highest BCUT2D eigenvalue weighted by atomic mass is 16.5. The molecule has 0 aromatic heterocycles. The van der Waals surface area contributed by atoms with E-state index in [2.05, 4.69) is 0 Å². The van der Waals surface area contributed by atoms with Gasteiger partial charge in [-0.15, -0.1) is 0 Å². The first kappa shape index (κ1) is 16.5. The lowest BCUT2D eigenvalue weighted by atomic mass is 10.1. The van der Waals surface area contributed by atoms with Crippen LogP contribution in [0, 0.1) is 0 Å². The minimum Gasteiger partial charge on any atom is -0.489 e. The first-order valence-electron chi connectivity index (χ1n) is 7.79. The van der Waals surface area contributed by atoms with E-state index in [0.29, 0.717) is 29.2 Å². The maximum Gasteiger partial charge on any atom is 0.343 e. The molecule has 25 heavy (non-hydrogen) atoms. The van der Waals surface area contributed by atoms with Crippen molar-refractivity contribution in [2.24, 2.45) is 0 Å². The lowest BCUT2D eigenvalue weighted by molar-refractivity contribution is 0.0734. The fourth-order valence-corrected chi connectivity index (χ4v) is 2.25. The van der Waals surface area contributed by atoms with E-state index in [4.69, 9.17) is 9.47 Å².